The van der Waals surface area contributed by atoms with Crippen LogP contribution >= 0.6 is 23.1 Å². The van der Waals surface area contributed by atoms with Crippen LogP contribution in [0.25, 0.3) is 0 Å². The maximum absolute atomic E-state index is 11.7. The number of carbonyl (C=O) groups is 1. The van der Waals surface area contributed by atoms with Gasteiger partial charge < -0.3 is 5.73 Å². The quantitative estimate of drug-likeness (QED) is 0.513. The third-order valence-electron chi connectivity index (χ3n) is 2.07. The molecule has 0 spiro atoms. The van der Waals surface area contributed by atoms with Crippen molar-refractivity contribution < 1.29 is 4.79 Å². The standard InChI is InChI=1S/C12H11NOS2/c13-9-4-1-2-5-11(9)16-8-10(14)12-6-3-7-15-12/h1-7H,8,13H2. The van der Waals surface area contributed by atoms with Gasteiger partial charge in [-0.3, -0.25) is 4.79 Å². The minimum absolute atomic E-state index is 0.156. The number of hydrogen-bond acceptors (Lipinski definition) is 4. The summed E-state index contributed by atoms with van der Waals surface area (Å²) in [5.41, 5.74) is 6.52. The maximum atomic E-state index is 11.7. The van der Waals surface area contributed by atoms with Crippen molar-refractivity contribution in [1.29, 1.82) is 0 Å². The number of nitrogen functional groups attached to an aromatic ring is 1. The number of thiophene rings is 1. The first kappa shape index (κ1) is 11.2. The van der Waals surface area contributed by atoms with Gasteiger partial charge in [0.15, 0.2) is 5.78 Å². The molecule has 2 N–H and O–H groups in total. The van der Waals surface area contributed by atoms with Crippen molar-refractivity contribution in [3.63, 3.8) is 0 Å². The Labute approximate surface area is 102 Å². The van der Waals surface area contributed by atoms with E-state index in [0.29, 0.717) is 5.75 Å². The summed E-state index contributed by atoms with van der Waals surface area (Å²) in [7, 11) is 0. The Balaban J connectivity index is 1.98. The van der Waals surface area contributed by atoms with Crippen molar-refractivity contribution in [1.82, 2.24) is 0 Å². The fourth-order valence-electron chi connectivity index (χ4n) is 1.26. The average Bonchev–Trinajstić information content (AvgIpc) is 2.81. The molecule has 16 heavy (non-hydrogen) atoms. The molecule has 0 amide bonds. The van der Waals surface area contributed by atoms with E-state index in [1.165, 1.54) is 23.1 Å². The molecule has 0 unspecified atom stereocenters. The molecule has 2 rings (SSSR count). The molecule has 0 aliphatic heterocycles. The van der Waals surface area contributed by atoms with E-state index in [9.17, 15) is 4.79 Å². The Morgan fingerprint density at radius 2 is 2.06 bits per heavy atom. The van der Waals surface area contributed by atoms with E-state index in [2.05, 4.69) is 0 Å². The maximum Gasteiger partial charge on any atom is 0.182 e. The van der Waals surface area contributed by atoms with Gasteiger partial charge in [0.25, 0.3) is 0 Å². The molecule has 0 atom stereocenters. The lowest BCUT2D eigenvalue weighted by molar-refractivity contribution is 0.102. The molecule has 1 aromatic carbocycles. The number of Topliss-reactive ketones (excluding diaryl/α,β-unsaturated/α-hetero) is 1. The topological polar surface area (TPSA) is 43.1 Å². The van der Waals surface area contributed by atoms with Gasteiger partial charge in [0.05, 0.1) is 10.6 Å². The predicted octanol–water partition coefficient (Wildman–Crippen LogP) is 3.31. The summed E-state index contributed by atoms with van der Waals surface area (Å²) < 4.78 is 0. The molecule has 0 aliphatic carbocycles. The summed E-state index contributed by atoms with van der Waals surface area (Å²) in [6.45, 7) is 0. The SMILES string of the molecule is Nc1ccccc1SCC(=O)c1cccs1. The van der Waals surface area contributed by atoms with Gasteiger partial charge in [-0.15, -0.1) is 23.1 Å². The number of thioether (sulfide) groups is 1. The molecule has 2 aromatic rings. The molecular weight excluding hydrogens is 238 g/mol. The summed E-state index contributed by atoms with van der Waals surface area (Å²) >= 11 is 2.96. The third kappa shape index (κ3) is 2.65. The van der Waals surface area contributed by atoms with Gasteiger partial charge in [0.2, 0.25) is 0 Å². The Bertz CT molecular complexity index is 480. The van der Waals surface area contributed by atoms with Crippen LogP contribution in [-0.4, -0.2) is 11.5 Å². The van der Waals surface area contributed by atoms with Crippen LogP contribution in [0.4, 0.5) is 5.69 Å². The smallest absolute Gasteiger partial charge is 0.182 e. The number of hydrogen-bond donors (Lipinski definition) is 1. The molecule has 0 saturated heterocycles. The number of ketones is 1. The van der Waals surface area contributed by atoms with Gasteiger partial charge in [-0.25, -0.2) is 0 Å². The van der Waals surface area contributed by atoms with Crippen LogP contribution in [0, 0.1) is 0 Å². The largest absolute Gasteiger partial charge is 0.398 e. The lowest BCUT2D eigenvalue weighted by Gasteiger charge is -2.03. The zero-order valence-corrected chi connectivity index (χ0v) is 10.2. The van der Waals surface area contributed by atoms with Crippen molar-refractivity contribution in [2.24, 2.45) is 0 Å². The van der Waals surface area contributed by atoms with Crippen molar-refractivity contribution in [2.75, 3.05) is 11.5 Å². The molecule has 0 fully saturated rings. The second kappa shape index (κ2) is 5.18. The molecule has 0 aliphatic rings. The molecular formula is C12H11NOS2. The van der Waals surface area contributed by atoms with Gasteiger partial charge >= 0.3 is 0 Å². The zero-order chi connectivity index (χ0) is 11.4. The number of carbonyl (C=O) groups excluding carboxylic acids is 1. The average molecular weight is 249 g/mol. The van der Waals surface area contributed by atoms with Gasteiger partial charge in [-0.2, -0.15) is 0 Å². The Morgan fingerprint density at radius 3 is 2.75 bits per heavy atom. The summed E-state index contributed by atoms with van der Waals surface area (Å²) in [5, 5.41) is 1.91. The molecule has 1 aromatic heterocycles. The lowest BCUT2D eigenvalue weighted by atomic mass is 10.3. The van der Waals surface area contributed by atoms with Crippen molar-refractivity contribution >= 4 is 34.6 Å². The minimum atomic E-state index is 0.156. The van der Waals surface area contributed by atoms with Crippen LogP contribution in [0.2, 0.25) is 0 Å². The van der Waals surface area contributed by atoms with E-state index >= 15 is 0 Å². The highest BCUT2D eigenvalue weighted by Crippen LogP contribution is 2.25. The van der Waals surface area contributed by atoms with E-state index in [0.717, 1.165) is 15.5 Å². The summed E-state index contributed by atoms with van der Waals surface area (Å²) in [5.74, 6) is 0.595. The lowest BCUT2D eigenvalue weighted by Crippen LogP contribution is -1.99. The normalized spacial score (nSPS) is 10.2. The molecule has 0 saturated carbocycles. The van der Waals surface area contributed by atoms with E-state index in [1.54, 1.807) is 0 Å². The van der Waals surface area contributed by atoms with E-state index < -0.39 is 0 Å². The summed E-state index contributed by atoms with van der Waals surface area (Å²) in [6, 6.07) is 11.3. The second-order valence-electron chi connectivity index (χ2n) is 3.23. The van der Waals surface area contributed by atoms with Gasteiger partial charge in [0, 0.05) is 10.6 Å². The second-order valence-corrected chi connectivity index (χ2v) is 5.19. The van der Waals surface area contributed by atoms with Crippen molar-refractivity contribution in [3.05, 3.63) is 46.7 Å². The van der Waals surface area contributed by atoms with Crippen LogP contribution < -0.4 is 5.73 Å². The number of rotatable bonds is 4. The van der Waals surface area contributed by atoms with Crippen LogP contribution in [0.1, 0.15) is 9.67 Å². The molecule has 2 nitrogen and oxygen atoms in total. The number of nitrogens with two attached hydrogens (primary N) is 1. The van der Waals surface area contributed by atoms with Gasteiger partial charge in [-0.05, 0) is 23.6 Å². The monoisotopic (exact) mass is 249 g/mol. The summed E-state index contributed by atoms with van der Waals surface area (Å²) in [6.07, 6.45) is 0. The first-order chi connectivity index (χ1) is 7.77. The van der Waals surface area contributed by atoms with Crippen LogP contribution in [-0.2, 0) is 0 Å². The van der Waals surface area contributed by atoms with Crippen LogP contribution in [0.15, 0.2) is 46.7 Å². The Morgan fingerprint density at radius 1 is 1.25 bits per heavy atom. The molecule has 4 heteroatoms. The third-order valence-corrected chi connectivity index (χ3v) is 4.07. The number of anilines is 1. The van der Waals surface area contributed by atoms with Crippen molar-refractivity contribution in [3.8, 4) is 0 Å². The molecule has 0 bridgehead atoms. The molecule has 0 radical (unpaired) electrons. The highest BCUT2D eigenvalue weighted by molar-refractivity contribution is 8.00. The van der Waals surface area contributed by atoms with Gasteiger partial charge in [0.1, 0.15) is 0 Å². The molecule has 1 heterocycles. The number of benzene rings is 1. The van der Waals surface area contributed by atoms with E-state index in [4.69, 9.17) is 5.73 Å². The fraction of sp³-hybridized carbons (Fsp3) is 0.0833. The van der Waals surface area contributed by atoms with Crippen LogP contribution in [0.3, 0.4) is 0 Å². The van der Waals surface area contributed by atoms with E-state index in [-0.39, 0.29) is 5.78 Å². The predicted molar refractivity (Wildman–Crippen MR) is 70.2 cm³/mol. The van der Waals surface area contributed by atoms with Crippen molar-refractivity contribution in [2.45, 2.75) is 4.90 Å². The number of para-hydroxylation sites is 1. The molecule has 82 valence electrons. The van der Waals surface area contributed by atoms with Gasteiger partial charge in [-0.1, -0.05) is 18.2 Å². The first-order valence-electron chi connectivity index (χ1n) is 4.81. The highest BCUT2D eigenvalue weighted by Gasteiger charge is 2.08. The zero-order valence-electron chi connectivity index (χ0n) is 8.55. The Kier molecular flexibility index (Phi) is 3.64. The Hall–Kier alpha value is -1.26. The highest BCUT2D eigenvalue weighted by atomic mass is 32.2. The fourth-order valence-corrected chi connectivity index (χ4v) is 2.87. The van der Waals surface area contributed by atoms with Crippen LogP contribution in [0.5, 0.6) is 0 Å². The summed E-state index contributed by atoms with van der Waals surface area (Å²) in [4.78, 5) is 13.5. The van der Waals surface area contributed by atoms with E-state index in [1.807, 2.05) is 41.8 Å². The first-order valence-corrected chi connectivity index (χ1v) is 6.68. The minimum Gasteiger partial charge on any atom is -0.398 e.